The summed E-state index contributed by atoms with van der Waals surface area (Å²) in [5.74, 6) is 0.0692. The maximum absolute atomic E-state index is 13.0. The molecule has 0 spiro atoms. The lowest BCUT2D eigenvalue weighted by molar-refractivity contribution is -0.116. The van der Waals surface area contributed by atoms with Crippen molar-refractivity contribution < 1.29 is 4.79 Å². The number of benzene rings is 2. The van der Waals surface area contributed by atoms with Crippen molar-refractivity contribution in [3.63, 3.8) is 0 Å². The number of hydrogen-bond acceptors (Lipinski definition) is 2. The lowest BCUT2D eigenvalue weighted by atomic mass is 9.90. The molecule has 0 unspecified atom stereocenters. The van der Waals surface area contributed by atoms with Gasteiger partial charge in [0.2, 0.25) is 5.91 Å². The summed E-state index contributed by atoms with van der Waals surface area (Å²) in [7, 11) is 0. The van der Waals surface area contributed by atoms with Gasteiger partial charge >= 0.3 is 0 Å². The van der Waals surface area contributed by atoms with E-state index in [1.165, 1.54) is 46.1 Å². The number of aryl methyl sites for hydroxylation is 1. The Bertz CT molecular complexity index is 1030. The molecule has 4 nitrogen and oxygen atoms in total. The molecule has 2 heterocycles. The molecule has 0 saturated heterocycles. The van der Waals surface area contributed by atoms with Crippen LogP contribution in [0.4, 0.5) is 5.69 Å². The van der Waals surface area contributed by atoms with Crippen molar-refractivity contribution in [3.05, 3.63) is 64.8 Å². The maximum Gasteiger partial charge on any atom is 0.244 e. The molecule has 0 fully saturated rings. The smallest absolute Gasteiger partial charge is 0.244 e. The van der Waals surface area contributed by atoms with Crippen molar-refractivity contribution in [2.24, 2.45) is 0 Å². The number of aromatic nitrogens is 1. The van der Waals surface area contributed by atoms with Crippen LogP contribution in [0.2, 0.25) is 0 Å². The van der Waals surface area contributed by atoms with Crippen LogP contribution in [0.25, 0.3) is 10.9 Å². The lowest BCUT2D eigenvalue weighted by Crippen LogP contribution is -2.22. The zero-order chi connectivity index (χ0) is 18.9. The van der Waals surface area contributed by atoms with Crippen LogP contribution >= 0.6 is 0 Å². The molecule has 1 aliphatic carbocycles. The van der Waals surface area contributed by atoms with Crippen molar-refractivity contribution >= 4 is 22.5 Å². The maximum atomic E-state index is 13.0. The quantitative estimate of drug-likeness (QED) is 0.733. The first-order chi connectivity index (χ1) is 13.8. The first-order valence-corrected chi connectivity index (χ1v) is 10.5. The predicted octanol–water partition coefficient (Wildman–Crippen LogP) is 3.85. The molecule has 28 heavy (non-hydrogen) atoms. The molecule has 2 aliphatic rings. The van der Waals surface area contributed by atoms with E-state index in [-0.39, 0.29) is 5.91 Å². The SMILES string of the molecule is O=C(Cn1c2c(c3ccccc31)CCNCC2)Nc1cccc2c1CCCC2. The standard InChI is InChI=1S/C24H27N3O/c28-24(26-21-10-5-7-17-6-1-2-8-18(17)21)16-27-22-11-4-3-9-19(22)20-12-14-25-15-13-23(20)27/h3-5,7,9-11,25H,1-2,6,8,12-16H2,(H,26,28). The zero-order valence-electron chi connectivity index (χ0n) is 16.3. The fourth-order valence-electron chi connectivity index (χ4n) is 4.95. The summed E-state index contributed by atoms with van der Waals surface area (Å²) < 4.78 is 2.24. The third kappa shape index (κ3) is 3.12. The highest BCUT2D eigenvalue weighted by Gasteiger charge is 2.21. The van der Waals surface area contributed by atoms with Gasteiger partial charge in [0.25, 0.3) is 0 Å². The number of fused-ring (bicyclic) bond motifs is 4. The van der Waals surface area contributed by atoms with E-state index in [4.69, 9.17) is 0 Å². The summed E-state index contributed by atoms with van der Waals surface area (Å²) >= 11 is 0. The minimum absolute atomic E-state index is 0.0692. The number of nitrogens with zero attached hydrogens (tertiary/aromatic N) is 1. The van der Waals surface area contributed by atoms with Crippen LogP contribution in [0.3, 0.4) is 0 Å². The number of hydrogen-bond donors (Lipinski definition) is 2. The molecule has 0 atom stereocenters. The van der Waals surface area contributed by atoms with Crippen molar-refractivity contribution in [2.45, 2.75) is 45.1 Å². The van der Waals surface area contributed by atoms with Gasteiger partial charge in [0.15, 0.2) is 0 Å². The van der Waals surface area contributed by atoms with E-state index in [9.17, 15) is 4.79 Å². The van der Waals surface area contributed by atoms with Crippen LogP contribution in [0.1, 0.15) is 35.2 Å². The summed E-state index contributed by atoms with van der Waals surface area (Å²) in [4.78, 5) is 13.0. The minimum atomic E-state index is 0.0692. The highest BCUT2D eigenvalue weighted by atomic mass is 16.1. The monoisotopic (exact) mass is 373 g/mol. The van der Waals surface area contributed by atoms with E-state index >= 15 is 0 Å². The Morgan fingerprint density at radius 1 is 0.929 bits per heavy atom. The largest absolute Gasteiger partial charge is 0.335 e. The van der Waals surface area contributed by atoms with Crippen LogP contribution < -0.4 is 10.6 Å². The first kappa shape index (κ1) is 17.5. The number of carbonyl (C=O) groups is 1. The number of rotatable bonds is 3. The Morgan fingerprint density at radius 2 is 1.79 bits per heavy atom. The summed E-state index contributed by atoms with van der Waals surface area (Å²) in [5.41, 5.74) is 7.64. The zero-order valence-corrected chi connectivity index (χ0v) is 16.3. The van der Waals surface area contributed by atoms with Gasteiger partial charge in [-0.15, -0.1) is 0 Å². The number of amides is 1. The van der Waals surface area contributed by atoms with E-state index in [1.54, 1.807) is 0 Å². The van der Waals surface area contributed by atoms with Crippen molar-refractivity contribution in [2.75, 3.05) is 18.4 Å². The third-order valence-corrected chi connectivity index (χ3v) is 6.26. The fraction of sp³-hybridized carbons (Fsp3) is 0.375. The van der Waals surface area contributed by atoms with Crippen LogP contribution in [0.5, 0.6) is 0 Å². The minimum Gasteiger partial charge on any atom is -0.335 e. The normalized spacial score (nSPS) is 16.3. The van der Waals surface area contributed by atoms with Crippen LogP contribution in [0.15, 0.2) is 42.5 Å². The second-order valence-electron chi connectivity index (χ2n) is 7.98. The average molecular weight is 374 g/mol. The van der Waals surface area contributed by atoms with Gasteiger partial charge in [-0.25, -0.2) is 0 Å². The van der Waals surface area contributed by atoms with Gasteiger partial charge < -0.3 is 15.2 Å². The molecule has 144 valence electrons. The van der Waals surface area contributed by atoms with Crippen LogP contribution in [-0.4, -0.2) is 23.6 Å². The fourth-order valence-corrected chi connectivity index (χ4v) is 4.95. The van der Waals surface area contributed by atoms with Gasteiger partial charge in [0.1, 0.15) is 6.54 Å². The molecule has 3 aromatic rings. The van der Waals surface area contributed by atoms with Crippen LogP contribution in [0, 0.1) is 0 Å². The predicted molar refractivity (Wildman–Crippen MR) is 114 cm³/mol. The van der Waals surface area contributed by atoms with Gasteiger partial charge in [-0.1, -0.05) is 30.3 Å². The van der Waals surface area contributed by atoms with E-state index < -0.39 is 0 Å². The summed E-state index contributed by atoms with van der Waals surface area (Å²) in [6, 6.07) is 14.8. The second kappa shape index (κ2) is 7.44. The van der Waals surface area contributed by atoms with Gasteiger partial charge in [-0.3, -0.25) is 4.79 Å². The molecule has 0 radical (unpaired) electrons. The van der Waals surface area contributed by atoms with E-state index in [0.717, 1.165) is 44.5 Å². The van der Waals surface area contributed by atoms with Gasteiger partial charge in [-0.2, -0.15) is 0 Å². The molecular weight excluding hydrogens is 346 g/mol. The molecule has 5 rings (SSSR count). The Labute approximate surface area is 165 Å². The Kier molecular flexibility index (Phi) is 4.65. The molecule has 4 heteroatoms. The molecule has 2 aromatic carbocycles. The first-order valence-electron chi connectivity index (χ1n) is 10.5. The highest BCUT2D eigenvalue weighted by molar-refractivity contribution is 5.94. The molecule has 1 aromatic heterocycles. The van der Waals surface area contributed by atoms with Crippen LogP contribution in [-0.2, 0) is 37.0 Å². The van der Waals surface area contributed by atoms with E-state index in [2.05, 4.69) is 57.7 Å². The molecule has 0 saturated carbocycles. The highest BCUT2D eigenvalue weighted by Crippen LogP contribution is 2.30. The van der Waals surface area contributed by atoms with Crippen molar-refractivity contribution in [3.8, 4) is 0 Å². The Balaban J connectivity index is 1.46. The van der Waals surface area contributed by atoms with Gasteiger partial charge in [-0.05, 0) is 67.5 Å². The third-order valence-electron chi connectivity index (χ3n) is 6.26. The van der Waals surface area contributed by atoms with Gasteiger partial charge in [0, 0.05) is 35.2 Å². The second-order valence-corrected chi connectivity index (χ2v) is 7.98. The summed E-state index contributed by atoms with van der Waals surface area (Å²) in [6.45, 7) is 2.35. The Morgan fingerprint density at radius 3 is 2.75 bits per heavy atom. The number of para-hydroxylation sites is 1. The molecule has 1 aliphatic heterocycles. The van der Waals surface area contributed by atoms with Gasteiger partial charge in [0.05, 0.1) is 0 Å². The van der Waals surface area contributed by atoms with Crippen molar-refractivity contribution in [1.29, 1.82) is 0 Å². The molecule has 0 bridgehead atoms. The number of anilines is 1. The van der Waals surface area contributed by atoms with E-state index in [1.807, 2.05) is 0 Å². The van der Waals surface area contributed by atoms with Crippen molar-refractivity contribution in [1.82, 2.24) is 9.88 Å². The topological polar surface area (TPSA) is 46.1 Å². The average Bonchev–Trinajstić information content (AvgIpc) is 2.87. The molecular formula is C24H27N3O. The summed E-state index contributed by atoms with van der Waals surface area (Å²) in [6.07, 6.45) is 6.65. The molecule has 2 N–H and O–H groups in total. The summed E-state index contributed by atoms with van der Waals surface area (Å²) in [5, 5.41) is 8.00. The number of nitrogens with one attached hydrogen (secondary N) is 2. The number of carbonyl (C=O) groups excluding carboxylic acids is 1. The molecule has 1 amide bonds. The Hall–Kier alpha value is -2.59. The van der Waals surface area contributed by atoms with E-state index in [0.29, 0.717) is 6.54 Å². The lowest BCUT2D eigenvalue weighted by Gasteiger charge is -2.20.